The van der Waals surface area contributed by atoms with Gasteiger partial charge in [-0.05, 0) is 43.2 Å². The predicted octanol–water partition coefficient (Wildman–Crippen LogP) is 2.10. The third-order valence-corrected chi connectivity index (χ3v) is 5.43. The van der Waals surface area contributed by atoms with Crippen molar-refractivity contribution in [3.05, 3.63) is 59.0 Å². The fourth-order valence-corrected chi connectivity index (χ4v) is 3.79. The van der Waals surface area contributed by atoms with E-state index < -0.39 is 11.8 Å². The van der Waals surface area contributed by atoms with Crippen molar-refractivity contribution < 1.29 is 28.3 Å². The molecular formula is C21H20N2O6. The van der Waals surface area contributed by atoms with Gasteiger partial charge in [0.2, 0.25) is 0 Å². The van der Waals surface area contributed by atoms with E-state index in [0.717, 1.165) is 4.90 Å². The Kier molecular flexibility index (Phi) is 4.92. The van der Waals surface area contributed by atoms with Crippen LogP contribution in [0.25, 0.3) is 0 Å². The second kappa shape index (κ2) is 7.54. The van der Waals surface area contributed by atoms with Gasteiger partial charge in [0.1, 0.15) is 5.76 Å². The maximum absolute atomic E-state index is 12.9. The predicted molar refractivity (Wildman–Crippen MR) is 100.0 cm³/mol. The van der Waals surface area contributed by atoms with Crippen LogP contribution in [0.1, 0.15) is 49.7 Å². The molecule has 2 aliphatic rings. The molecule has 1 aromatic heterocycles. The molecule has 3 heterocycles. The van der Waals surface area contributed by atoms with Crippen LogP contribution in [0.3, 0.4) is 0 Å². The summed E-state index contributed by atoms with van der Waals surface area (Å²) in [6.07, 6.45) is 2.56. The summed E-state index contributed by atoms with van der Waals surface area (Å²) in [4.78, 5) is 52.6. The number of carbonyl (C=O) groups excluding carboxylic acids is 4. The second-order valence-corrected chi connectivity index (χ2v) is 7.13. The Morgan fingerprint density at radius 1 is 1.10 bits per heavy atom. The van der Waals surface area contributed by atoms with Crippen molar-refractivity contribution in [2.45, 2.75) is 19.4 Å². The highest BCUT2D eigenvalue weighted by atomic mass is 16.5. The SMILES string of the molecule is COC(=O)C1CCN(C(=O)c2ccc3c(c2)C(=O)N(Cc2ccco2)C3=O)CC1. The third kappa shape index (κ3) is 3.41. The van der Waals surface area contributed by atoms with E-state index in [9.17, 15) is 19.2 Å². The van der Waals surface area contributed by atoms with Crippen molar-refractivity contribution >= 4 is 23.7 Å². The first kappa shape index (κ1) is 18.9. The number of furan rings is 1. The van der Waals surface area contributed by atoms with Crippen molar-refractivity contribution in [2.24, 2.45) is 5.92 Å². The standard InChI is InChI=1S/C21H20N2O6/c1-28-21(27)13-6-8-22(9-7-13)18(24)14-4-5-16-17(11-14)20(26)23(19(16)25)12-15-3-2-10-29-15/h2-5,10-11,13H,6-9,12H2,1H3. The van der Waals surface area contributed by atoms with Crippen molar-refractivity contribution in [1.29, 1.82) is 0 Å². The maximum atomic E-state index is 12.9. The summed E-state index contributed by atoms with van der Waals surface area (Å²) in [5.41, 5.74) is 0.848. The summed E-state index contributed by atoms with van der Waals surface area (Å²) < 4.78 is 9.99. The summed E-state index contributed by atoms with van der Waals surface area (Å²) in [7, 11) is 1.36. The Balaban J connectivity index is 1.49. The van der Waals surface area contributed by atoms with Gasteiger partial charge in [0, 0.05) is 18.7 Å². The van der Waals surface area contributed by atoms with Gasteiger partial charge in [0.25, 0.3) is 17.7 Å². The number of hydrogen-bond acceptors (Lipinski definition) is 6. The van der Waals surface area contributed by atoms with Crippen LogP contribution in [0.5, 0.6) is 0 Å². The highest BCUT2D eigenvalue weighted by Crippen LogP contribution is 2.27. The van der Waals surface area contributed by atoms with Gasteiger partial charge < -0.3 is 14.1 Å². The molecule has 0 radical (unpaired) electrons. The van der Waals surface area contributed by atoms with Crippen molar-refractivity contribution in [2.75, 3.05) is 20.2 Å². The van der Waals surface area contributed by atoms with E-state index in [1.807, 2.05) is 0 Å². The van der Waals surface area contributed by atoms with E-state index in [0.29, 0.717) is 37.3 Å². The number of carbonyl (C=O) groups is 4. The van der Waals surface area contributed by atoms with Gasteiger partial charge in [-0.25, -0.2) is 0 Å². The number of methoxy groups -OCH3 is 1. The van der Waals surface area contributed by atoms with Gasteiger partial charge >= 0.3 is 5.97 Å². The van der Waals surface area contributed by atoms with Gasteiger partial charge in [0.15, 0.2) is 0 Å². The Morgan fingerprint density at radius 3 is 2.48 bits per heavy atom. The van der Waals surface area contributed by atoms with E-state index in [1.54, 1.807) is 23.1 Å². The molecule has 0 aliphatic carbocycles. The first-order valence-electron chi connectivity index (χ1n) is 9.39. The molecule has 2 aliphatic heterocycles. The summed E-state index contributed by atoms with van der Waals surface area (Å²) >= 11 is 0. The van der Waals surface area contributed by atoms with E-state index in [1.165, 1.54) is 25.5 Å². The lowest BCUT2D eigenvalue weighted by Gasteiger charge is -2.30. The molecule has 0 N–H and O–H groups in total. The minimum atomic E-state index is -0.444. The number of rotatable bonds is 4. The second-order valence-electron chi connectivity index (χ2n) is 7.13. The number of benzene rings is 1. The molecule has 2 aromatic rings. The first-order chi connectivity index (χ1) is 14.0. The van der Waals surface area contributed by atoms with E-state index in [2.05, 4.69) is 0 Å². The van der Waals surface area contributed by atoms with Crippen LogP contribution in [0.4, 0.5) is 0 Å². The molecule has 29 heavy (non-hydrogen) atoms. The number of hydrogen-bond donors (Lipinski definition) is 0. The Bertz CT molecular complexity index is 973. The van der Waals surface area contributed by atoms with E-state index in [4.69, 9.17) is 9.15 Å². The number of nitrogens with zero attached hydrogens (tertiary/aromatic N) is 2. The Labute approximate surface area is 167 Å². The van der Waals surface area contributed by atoms with Crippen LogP contribution in [0, 0.1) is 5.92 Å². The van der Waals surface area contributed by atoms with Crippen LogP contribution in [-0.4, -0.2) is 53.7 Å². The monoisotopic (exact) mass is 396 g/mol. The van der Waals surface area contributed by atoms with E-state index >= 15 is 0 Å². The smallest absolute Gasteiger partial charge is 0.308 e. The quantitative estimate of drug-likeness (QED) is 0.580. The van der Waals surface area contributed by atoms with Gasteiger partial charge in [-0.15, -0.1) is 0 Å². The zero-order valence-electron chi connectivity index (χ0n) is 15.9. The number of likely N-dealkylation sites (tertiary alicyclic amines) is 1. The summed E-state index contributed by atoms with van der Waals surface area (Å²) in [5.74, 6) is -1.02. The molecule has 1 aromatic carbocycles. The number of ether oxygens (including phenoxy) is 1. The minimum absolute atomic E-state index is 0.0453. The number of amides is 3. The number of piperidine rings is 1. The van der Waals surface area contributed by atoms with Crippen LogP contribution in [0.2, 0.25) is 0 Å². The van der Waals surface area contributed by atoms with Gasteiger partial charge in [-0.2, -0.15) is 0 Å². The number of imide groups is 1. The molecule has 0 unspecified atom stereocenters. The molecule has 150 valence electrons. The normalized spacial score (nSPS) is 16.9. The maximum Gasteiger partial charge on any atom is 0.308 e. The van der Waals surface area contributed by atoms with Crippen LogP contribution in [-0.2, 0) is 16.1 Å². The van der Waals surface area contributed by atoms with Gasteiger partial charge in [-0.1, -0.05) is 0 Å². The lowest BCUT2D eigenvalue weighted by Crippen LogP contribution is -2.40. The average molecular weight is 396 g/mol. The topological polar surface area (TPSA) is 97.1 Å². The average Bonchev–Trinajstić information content (AvgIpc) is 3.35. The Hall–Kier alpha value is -3.42. The van der Waals surface area contributed by atoms with Crippen molar-refractivity contribution in [3.63, 3.8) is 0 Å². The van der Waals surface area contributed by atoms with Crippen LogP contribution < -0.4 is 0 Å². The molecule has 1 fully saturated rings. The minimum Gasteiger partial charge on any atom is -0.469 e. The largest absolute Gasteiger partial charge is 0.469 e. The fraction of sp³-hybridized carbons (Fsp3) is 0.333. The molecule has 8 nitrogen and oxygen atoms in total. The third-order valence-electron chi connectivity index (χ3n) is 5.43. The first-order valence-corrected chi connectivity index (χ1v) is 9.39. The molecule has 0 bridgehead atoms. The molecular weight excluding hydrogens is 376 g/mol. The van der Waals surface area contributed by atoms with Gasteiger partial charge in [-0.3, -0.25) is 24.1 Å². The van der Waals surface area contributed by atoms with Crippen LogP contribution in [0.15, 0.2) is 41.0 Å². The highest BCUT2D eigenvalue weighted by Gasteiger charge is 2.37. The number of fused-ring (bicyclic) bond motifs is 1. The summed E-state index contributed by atoms with van der Waals surface area (Å²) in [5, 5.41) is 0. The zero-order chi connectivity index (χ0) is 20.5. The lowest BCUT2D eigenvalue weighted by atomic mass is 9.96. The van der Waals surface area contributed by atoms with Gasteiger partial charge in [0.05, 0.1) is 37.0 Å². The molecule has 4 rings (SSSR count). The summed E-state index contributed by atoms with van der Waals surface area (Å²) in [6, 6.07) is 7.94. The lowest BCUT2D eigenvalue weighted by molar-refractivity contribution is -0.146. The number of esters is 1. The molecule has 0 atom stereocenters. The summed E-state index contributed by atoms with van der Waals surface area (Å²) in [6.45, 7) is 0.921. The zero-order valence-corrected chi connectivity index (χ0v) is 15.9. The van der Waals surface area contributed by atoms with E-state index in [-0.39, 0.29) is 35.5 Å². The highest BCUT2D eigenvalue weighted by molar-refractivity contribution is 6.22. The molecule has 0 spiro atoms. The fourth-order valence-electron chi connectivity index (χ4n) is 3.79. The van der Waals surface area contributed by atoms with Crippen molar-refractivity contribution in [3.8, 4) is 0 Å². The molecule has 3 amide bonds. The van der Waals surface area contributed by atoms with Crippen molar-refractivity contribution in [1.82, 2.24) is 9.80 Å². The molecule has 8 heteroatoms. The Morgan fingerprint density at radius 2 is 1.83 bits per heavy atom. The molecule has 1 saturated heterocycles. The molecule has 0 saturated carbocycles. The van der Waals surface area contributed by atoms with Crippen LogP contribution >= 0.6 is 0 Å².